The summed E-state index contributed by atoms with van der Waals surface area (Å²) in [7, 11) is 0. The number of rotatable bonds is 12. The van der Waals surface area contributed by atoms with Crippen molar-refractivity contribution in [3.05, 3.63) is 53.3 Å². The van der Waals surface area contributed by atoms with E-state index in [4.69, 9.17) is 18.9 Å². The van der Waals surface area contributed by atoms with Gasteiger partial charge in [-0.15, -0.1) is 0 Å². The van der Waals surface area contributed by atoms with E-state index >= 15 is 0 Å². The highest BCUT2D eigenvalue weighted by atomic mass is 79.9. The van der Waals surface area contributed by atoms with Crippen molar-refractivity contribution in [2.24, 2.45) is 0 Å². The number of benzene rings is 2. The highest BCUT2D eigenvalue weighted by Gasteiger charge is 2.29. The topological polar surface area (TPSA) is 83.9 Å². The number of halogens is 4. The van der Waals surface area contributed by atoms with Gasteiger partial charge < -0.3 is 29.2 Å². The van der Waals surface area contributed by atoms with Crippen LogP contribution >= 0.6 is 63.7 Å². The molecule has 4 rings (SSSR count). The van der Waals surface area contributed by atoms with Crippen molar-refractivity contribution >= 4 is 63.7 Å². The van der Waals surface area contributed by atoms with Crippen LogP contribution in [-0.4, -0.2) is 109 Å². The lowest BCUT2D eigenvalue weighted by atomic mass is 9.78. The molecule has 2 aliphatic heterocycles. The van der Waals surface area contributed by atoms with Crippen molar-refractivity contribution in [1.29, 1.82) is 0 Å². The molecule has 2 aromatic carbocycles. The highest BCUT2D eigenvalue weighted by molar-refractivity contribution is 9.11. The number of hydrogen-bond acceptors (Lipinski definition) is 8. The fraction of sp³-hybridized carbons (Fsp3) is 0.636. The Morgan fingerprint density at radius 2 is 0.956 bits per heavy atom. The third-order valence-corrected chi connectivity index (χ3v) is 10.6. The minimum absolute atomic E-state index is 0.151. The van der Waals surface area contributed by atoms with E-state index in [0.717, 1.165) is 55.2 Å². The first-order valence-electron chi connectivity index (χ1n) is 15.5. The van der Waals surface area contributed by atoms with Crippen LogP contribution in [0.25, 0.3) is 0 Å². The average molecular weight is 886 g/mol. The molecule has 6 unspecified atom stereocenters. The zero-order chi connectivity index (χ0) is 33.1. The van der Waals surface area contributed by atoms with Crippen molar-refractivity contribution in [3.63, 3.8) is 0 Å². The summed E-state index contributed by atoms with van der Waals surface area (Å²) in [6.07, 6.45) is -0.646. The van der Waals surface area contributed by atoms with Gasteiger partial charge in [-0.2, -0.15) is 0 Å². The lowest BCUT2D eigenvalue weighted by Gasteiger charge is -2.36. The number of morpholine rings is 2. The minimum Gasteiger partial charge on any atom is -0.488 e. The predicted molar refractivity (Wildman–Crippen MR) is 192 cm³/mol. The van der Waals surface area contributed by atoms with E-state index in [-0.39, 0.29) is 43.0 Å². The maximum absolute atomic E-state index is 10.7. The first-order valence-corrected chi connectivity index (χ1v) is 18.7. The van der Waals surface area contributed by atoms with Crippen molar-refractivity contribution in [1.82, 2.24) is 9.80 Å². The Bertz CT molecular complexity index is 1140. The second-order valence-electron chi connectivity index (χ2n) is 13.0. The van der Waals surface area contributed by atoms with Crippen LogP contribution in [0.5, 0.6) is 11.5 Å². The molecule has 252 valence electrons. The molecule has 2 N–H and O–H groups in total. The Hall–Kier alpha value is -0.280. The predicted octanol–water partition coefficient (Wildman–Crippen LogP) is 6.76. The number of hydrogen-bond donors (Lipinski definition) is 2. The van der Waals surface area contributed by atoms with Crippen molar-refractivity contribution in [3.8, 4) is 11.5 Å². The standard InChI is InChI=1S/C33H46Br4N2O6/c1-19-11-38(12-20(2)44-19)15-25(40)17-42-31-27(34)7-23(8-28(31)35)33(5,6)24-9-29(36)32(30(37)10-24)43-18-26(41)16-39-13-21(3)45-22(4)14-39/h7-10,19-22,25-26,40-41H,11-18H2,1-6H3. The van der Waals surface area contributed by atoms with Gasteiger partial charge in [-0.25, -0.2) is 0 Å². The Balaban J connectivity index is 1.38. The van der Waals surface area contributed by atoms with Crippen LogP contribution in [0.4, 0.5) is 0 Å². The molecule has 2 saturated heterocycles. The van der Waals surface area contributed by atoms with Gasteiger partial charge in [0.15, 0.2) is 0 Å². The van der Waals surface area contributed by atoms with E-state index in [0.29, 0.717) is 24.6 Å². The molecule has 0 radical (unpaired) electrons. The van der Waals surface area contributed by atoms with E-state index in [2.05, 4.69) is 139 Å². The quantitative estimate of drug-likeness (QED) is 0.242. The summed E-state index contributed by atoms with van der Waals surface area (Å²) in [6.45, 7) is 17.2. The van der Waals surface area contributed by atoms with Gasteiger partial charge >= 0.3 is 0 Å². The molecule has 0 amide bonds. The molecule has 2 heterocycles. The van der Waals surface area contributed by atoms with Crippen LogP contribution in [0.2, 0.25) is 0 Å². The Morgan fingerprint density at radius 3 is 1.24 bits per heavy atom. The molecule has 0 aromatic heterocycles. The largest absolute Gasteiger partial charge is 0.488 e. The second kappa shape index (κ2) is 16.4. The molecule has 0 spiro atoms. The molecule has 12 heteroatoms. The summed E-state index contributed by atoms with van der Waals surface area (Å²) in [5, 5.41) is 21.4. The lowest BCUT2D eigenvalue weighted by molar-refractivity contribution is -0.0789. The molecule has 2 fully saturated rings. The van der Waals surface area contributed by atoms with E-state index in [1.165, 1.54) is 0 Å². The molecule has 0 saturated carbocycles. The molecule has 0 aliphatic carbocycles. The van der Waals surface area contributed by atoms with Gasteiger partial charge in [-0.05, 0) is 127 Å². The first-order chi connectivity index (χ1) is 21.1. The first kappa shape index (κ1) is 37.5. The maximum atomic E-state index is 10.7. The maximum Gasteiger partial charge on any atom is 0.147 e. The van der Waals surface area contributed by atoms with E-state index < -0.39 is 12.2 Å². The fourth-order valence-electron chi connectivity index (χ4n) is 6.21. The third-order valence-electron chi connectivity index (χ3n) is 8.21. The normalized spacial score (nSPS) is 24.8. The smallest absolute Gasteiger partial charge is 0.147 e. The summed E-state index contributed by atoms with van der Waals surface area (Å²) >= 11 is 14.8. The van der Waals surface area contributed by atoms with Gasteiger partial charge in [0.1, 0.15) is 36.9 Å². The molecular weight excluding hydrogens is 840 g/mol. The zero-order valence-corrected chi connectivity index (χ0v) is 33.2. The van der Waals surface area contributed by atoms with Crippen molar-refractivity contribution in [2.75, 3.05) is 52.5 Å². The second-order valence-corrected chi connectivity index (χ2v) is 16.5. The zero-order valence-electron chi connectivity index (χ0n) is 26.9. The molecule has 2 aromatic rings. The summed E-state index contributed by atoms with van der Waals surface area (Å²) in [4.78, 5) is 4.45. The van der Waals surface area contributed by atoms with E-state index in [9.17, 15) is 10.2 Å². The summed E-state index contributed by atoms with van der Waals surface area (Å²) in [6, 6.07) is 8.25. The Morgan fingerprint density at radius 1 is 0.667 bits per heavy atom. The Kier molecular flexibility index (Phi) is 13.7. The van der Waals surface area contributed by atoms with E-state index in [1.54, 1.807) is 0 Å². The summed E-state index contributed by atoms with van der Waals surface area (Å²) in [5.74, 6) is 1.31. The van der Waals surface area contributed by atoms with Gasteiger partial charge in [0, 0.05) is 44.7 Å². The van der Waals surface area contributed by atoms with Crippen molar-refractivity contribution < 1.29 is 29.2 Å². The number of ether oxygens (including phenoxy) is 4. The third kappa shape index (κ3) is 10.4. The fourth-order valence-corrected chi connectivity index (χ4v) is 9.04. The van der Waals surface area contributed by atoms with Crippen LogP contribution in [0, 0.1) is 0 Å². The number of nitrogens with zero attached hydrogens (tertiary/aromatic N) is 2. The van der Waals surface area contributed by atoms with Crippen LogP contribution in [0.3, 0.4) is 0 Å². The van der Waals surface area contributed by atoms with E-state index in [1.807, 2.05) is 0 Å². The van der Waals surface area contributed by atoms with Gasteiger partial charge in [0.2, 0.25) is 0 Å². The monoisotopic (exact) mass is 882 g/mol. The van der Waals surface area contributed by atoms with Crippen LogP contribution in [0.15, 0.2) is 42.2 Å². The SMILES string of the molecule is CC1CN(CC(O)COc2c(Br)cc(C(C)(C)c3cc(Br)c(OCC(O)CN4CC(C)OC(C)C4)c(Br)c3)cc2Br)CC(C)O1. The average Bonchev–Trinajstić information content (AvgIpc) is 2.90. The van der Waals surface area contributed by atoms with Gasteiger partial charge in [0.05, 0.1) is 42.3 Å². The van der Waals surface area contributed by atoms with Crippen molar-refractivity contribution in [2.45, 2.75) is 83.6 Å². The van der Waals surface area contributed by atoms with Crippen LogP contribution in [0.1, 0.15) is 52.7 Å². The molecule has 0 bridgehead atoms. The Labute approximate surface area is 301 Å². The minimum atomic E-state index is -0.624. The summed E-state index contributed by atoms with van der Waals surface area (Å²) < 4.78 is 27.0. The van der Waals surface area contributed by atoms with Gasteiger partial charge in [0.25, 0.3) is 0 Å². The lowest BCUT2D eigenvalue weighted by Crippen LogP contribution is -2.48. The molecule has 45 heavy (non-hydrogen) atoms. The summed E-state index contributed by atoms with van der Waals surface area (Å²) in [5.41, 5.74) is 1.77. The molecular formula is C33H46Br4N2O6. The number of β-amino-alcohol motifs (C(OH)–C–C–N with tert-alkyl or cyclic N) is 2. The van der Waals surface area contributed by atoms with Gasteiger partial charge in [-0.1, -0.05) is 13.8 Å². The number of aliphatic hydroxyl groups excluding tert-OH is 2. The van der Waals surface area contributed by atoms with Crippen LogP contribution in [-0.2, 0) is 14.9 Å². The van der Waals surface area contributed by atoms with Gasteiger partial charge in [-0.3, -0.25) is 9.80 Å². The van der Waals surface area contributed by atoms with Crippen LogP contribution < -0.4 is 9.47 Å². The molecule has 2 aliphatic rings. The molecule has 6 atom stereocenters. The highest BCUT2D eigenvalue weighted by Crippen LogP contribution is 2.44. The number of aliphatic hydroxyl groups is 2. The molecule has 8 nitrogen and oxygen atoms in total.